The van der Waals surface area contributed by atoms with Gasteiger partial charge in [-0.3, -0.25) is 4.79 Å². The van der Waals surface area contributed by atoms with Gasteiger partial charge in [-0.25, -0.2) is 0 Å². The predicted octanol–water partition coefficient (Wildman–Crippen LogP) is 0.287. The highest BCUT2D eigenvalue weighted by Crippen LogP contribution is 2.28. The molecule has 1 rings (SSSR count). The molecule has 58 valence electrons. The molecule has 0 aliphatic heterocycles. The Morgan fingerprint density at radius 1 is 1.70 bits per heavy atom. The standard InChI is InChI=1S/C7H13NO2/c1-5-2-6(3-5)10-4-7(8)9/h5-6H,2-4H2,1H3,(H2,8,9)/t5-,6-. The molecule has 0 aromatic carbocycles. The monoisotopic (exact) mass is 143 g/mol. The quantitative estimate of drug-likeness (QED) is 0.617. The second-order valence-electron chi connectivity index (χ2n) is 2.98. The van der Waals surface area contributed by atoms with Crippen molar-refractivity contribution in [2.45, 2.75) is 25.9 Å². The molecule has 0 radical (unpaired) electrons. The van der Waals surface area contributed by atoms with Crippen LogP contribution >= 0.6 is 0 Å². The zero-order valence-corrected chi connectivity index (χ0v) is 6.17. The number of hydrogen-bond acceptors (Lipinski definition) is 2. The number of carbonyl (C=O) groups excluding carboxylic acids is 1. The lowest BCUT2D eigenvalue weighted by molar-refractivity contribution is -0.127. The maximum atomic E-state index is 10.2. The summed E-state index contributed by atoms with van der Waals surface area (Å²) < 4.78 is 5.14. The van der Waals surface area contributed by atoms with Gasteiger partial charge in [0.2, 0.25) is 5.91 Å². The first-order valence-electron chi connectivity index (χ1n) is 3.58. The van der Waals surface area contributed by atoms with E-state index in [0.717, 1.165) is 18.8 Å². The molecule has 3 heteroatoms. The number of carbonyl (C=O) groups is 1. The first-order chi connectivity index (χ1) is 4.68. The number of nitrogens with two attached hydrogens (primary N) is 1. The van der Waals surface area contributed by atoms with Crippen LogP contribution in [0.3, 0.4) is 0 Å². The third-order valence-corrected chi connectivity index (χ3v) is 1.79. The largest absolute Gasteiger partial charge is 0.368 e. The van der Waals surface area contributed by atoms with E-state index in [-0.39, 0.29) is 12.5 Å². The zero-order chi connectivity index (χ0) is 7.56. The lowest BCUT2D eigenvalue weighted by Crippen LogP contribution is -2.32. The molecule has 1 amide bonds. The van der Waals surface area contributed by atoms with Crippen LogP contribution in [0.1, 0.15) is 19.8 Å². The summed E-state index contributed by atoms with van der Waals surface area (Å²) in [6.07, 6.45) is 2.45. The van der Waals surface area contributed by atoms with Crippen LogP contribution in [0.2, 0.25) is 0 Å². The molecule has 1 aliphatic carbocycles. The summed E-state index contributed by atoms with van der Waals surface area (Å²) in [5.74, 6) is 0.387. The summed E-state index contributed by atoms with van der Waals surface area (Å²) in [6, 6.07) is 0. The summed E-state index contributed by atoms with van der Waals surface area (Å²) in [5, 5.41) is 0. The van der Waals surface area contributed by atoms with Gasteiger partial charge in [0, 0.05) is 0 Å². The number of ether oxygens (including phenoxy) is 1. The van der Waals surface area contributed by atoms with Crippen LogP contribution in [0.4, 0.5) is 0 Å². The Balaban J connectivity index is 2.00. The van der Waals surface area contributed by atoms with Crippen molar-refractivity contribution in [3.05, 3.63) is 0 Å². The Labute approximate surface area is 60.5 Å². The minimum atomic E-state index is -0.375. The maximum absolute atomic E-state index is 10.2. The lowest BCUT2D eigenvalue weighted by atomic mass is 9.84. The van der Waals surface area contributed by atoms with E-state index in [0.29, 0.717) is 6.10 Å². The Morgan fingerprint density at radius 2 is 2.30 bits per heavy atom. The van der Waals surface area contributed by atoms with Crippen LogP contribution in [0.5, 0.6) is 0 Å². The maximum Gasteiger partial charge on any atom is 0.243 e. The zero-order valence-electron chi connectivity index (χ0n) is 6.17. The van der Waals surface area contributed by atoms with Crippen molar-refractivity contribution in [1.29, 1.82) is 0 Å². The van der Waals surface area contributed by atoms with Crippen molar-refractivity contribution in [2.24, 2.45) is 11.7 Å². The number of primary amides is 1. The SMILES string of the molecule is C[C@H]1C[C@H](OCC(N)=O)C1. The molecule has 0 heterocycles. The average molecular weight is 143 g/mol. The summed E-state index contributed by atoms with van der Waals surface area (Å²) in [7, 11) is 0. The number of rotatable bonds is 3. The third kappa shape index (κ3) is 1.99. The smallest absolute Gasteiger partial charge is 0.243 e. The van der Waals surface area contributed by atoms with Crippen LogP contribution in [0.15, 0.2) is 0 Å². The molecular formula is C7H13NO2. The van der Waals surface area contributed by atoms with Crippen LogP contribution in [0.25, 0.3) is 0 Å². The Morgan fingerprint density at radius 3 is 2.70 bits per heavy atom. The average Bonchev–Trinajstić information content (AvgIpc) is 1.77. The molecule has 0 spiro atoms. The highest BCUT2D eigenvalue weighted by Gasteiger charge is 2.25. The normalized spacial score (nSPS) is 31.3. The first-order valence-corrected chi connectivity index (χ1v) is 3.58. The minimum absolute atomic E-state index is 0.0807. The van der Waals surface area contributed by atoms with Gasteiger partial charge in [-0.2, -0.15) is 0 Å². The fraction of sp³-hybridized carbons (Fsp3) is 0.857. The van der Waals surface area contributed by atoms with Crippen molar-refractivity contribution in [3.8, 4) is 0 Å². The van der Waals surface area contributed by atoms with E-state index < -0.39 is 0 Å². The van der Waals surface area contributed by atoms with Gasteiger partial charge >= 0.3 is 0 Å². The van der Waals surface area contributed by atoms with Crippen molar-refractivity contribution in [3.63, 3.8) is 0 Å². The van der Waals surface area contributed by atoms with Gasteiger partial charge < -0.3 is 10.5 Å². The minimum Gasteiger partial charge on any atom is -0.368 e. The van der Waals surface area contributed by atoms with Crippen molar-refractivity contribution >= 4 is 5.91 Å². The summed E-state index contributed by atoms with van der Waals surface area (Å²) in [4.78, 5) is 10.2. The topological polar surface area (TPSA) is 52.3 Å². The van der Waals surface area contributed by atoms with E-state index in [1.165, 1.54) is 0 Å². The Hall–Kier alpha value is -0.570. The van der Waals surface area contributed by atoms with E-state index in [9.17, 15) is 4.79 Å². The molecule has 0 aromatic rings. The summed E-state index contributed by atoms with van der Waals surface area (Å²) >= 11 is 0. The first kappa shape index (κ1) is 7.54. The molecule has 3 nitrogen and oxygen atoms in total. The second kappa shape index (κ2) is 3.01. The molecule has 1 aliphatic rings. The predicted molar refractivity (Wildman–Crippen MR) is 37.3 cm³/mol. The molecule has 10 heavy (non-hydrogen) atoms. The fourth-order valence-electron chi connectivity index (χ4n) is 1.16. The van der Waals surface area contributed by atoms with E-state index in [1.807, 2.05) is 0 Å². The van der Waals surface area contributed by atoms with E-state index >= 15 is 0 Å². The molecule has 0 atom stereocenters. The highest BCUT2D eigenvalue weighted by atomic mass is 16.5. The molecular weight excluding hydrogens is 130 g/mol. The van der Waals surface area contributed by atoms with Gasteiger partial charge in [0.05, 0.1) is 6.10 Å². The molecule has 0 aromatic heterocycles. The van der Waals surface area contributed by atoms with Crippen molar-refractivity contribution in [1.82, 2.24) is 0 Å². The second-order valence-corrected chi connectivity index (χ2v) is 2.98. The molecule has 1 fully saturated rings. The van der Waals surface area contributed by atoms with E-state index in [2.05, 4.69) is 6.92 Å². The van der Waals surface area contributed by atoms with E-state index in [4.69, 9.17) is 10.5 Å². The number of amides is 1. The van der Waals surface area contributed by atoms with Gasteiger partial charge in [-0.15, -0.1) is 0 Å². The van der Waals surface area contributed by atoms with Gasteiger partial charge in [0.1, 0.15) is 6.61 Å². The molecule has 2 N–H and O–H groups in total. The Kier molecular flexibility index (Phi) is 2.27. The summed E-state index contributed by atoms with van der Waals surface area (Å²) in [5.41, 5.74) is 4.89. The molecule has 0 bridgehead atoms. The molecule has 1 saturated carbocycles. The van der Waals surface area contributed by atoms with Gasteiger partial charge in [-0.1, -0.05) is 6.92 Å². The third-order valence-electron chi connectivity index (χ3n) is 1.79. The fourth-order valence-corrected chi connectivity index (χ4v) is 1.16. The van der Waals surface area contributed by atoms with E-state index in [1.54, 1.807) is 0 Å². The van der Waals surface area contributed by atoms with Gasteiger partial charge in [0.25, 0.3) is 0 Å². The molecule has 0 unspecified atom stereocenters. The highest BCUT2D eigenvalue weighted by molar-refractivity contribution is 5.75. The number of hydrogen-bond donors (Lipinski definition) is 1. The van der Waals surface area contributed by atoms with Crippen LogP contribution in [-0.4, -0.2) is 18.6 Å². The van der Waals surface area contributed by atoms with Gasteiger partial charge in [0.15, 0.2) is 0 Å². The summed E-state index contributed by atoms with van der Waals surface area (Å²) in [6.45, 7) is 2.25. The van der Waals surface area contributed by atoms with Crippen LogP contribution < -0.4 is 5.73 Å². The lowest BCUT2D eigenvalue weighted by Gasteiger charge is -2.31. The van der Waals surface area contributed by atoms with Crippen molar-refractivity contribution in [2.75, 3.05) is 6.61 Å². The van der Waals surface area contributed by atoms with Crippen molar-refractivity contribution < 1.29 is 9.53 Å². The van der Waals surface area contributed by atoms with Crippen LogP contribution in [0, 0.1) is 5.92 Å². The molecule has 0 saturated heterocycles. The Bertz CT molecular complexity index is 130. The van der Waals surface area contributed by atoms with Crippen LogP contribution in [-0.2, 0) is 9.53 Å². The van der Waals surface area contributed by atoms with Gasteiger partial charge in [-0.05, 0) is 18.8 Å².